The van der Waals surface area contributed by atoms with Crippen LogP contribution in [0.1, 0.15) is 5.56 Å². The summed E-state index contributed by atoms with van der Waals surface area (Å²) >= 11 is 0. The molecule has 8 heteroatoms. The Bertz CT molecular complexity index is 819. The van der Waals surface area contributed by atoms with E-state index in [0.29, 0.717) is 25.5 Å². The number of nitrogens with one attached hydrogen (secondary N) is 1. The Hall–Kier alpha value is -2.03. The van der Waals surface area contributed by atoms with E-state index in [2.05, 4.69) is 15.2 Å². The van der Waals surface area contributed by atoms with Gasteiger partial charge in [0.1, 0.15) is 16.5 Å². The minimum atomic E-state index is -3.51. The van der Waals surface area contributed by atoms with E-state index in [-0.39, 0.29) is 10.7 Å². The van der Waals surface area contributed by atoms with E-state index in [1.807, 2.05) is 13.1 Å². The highest BCUT2D eigenvalue weighted by molar-refractivity contribution is 7.89. The Labute approximate surface area is 147 Å². The number of rotatable bonds is 5. The SMILES string of the molecule is CN1CCN(S(=O)(=O)c2ccc(NCc3cccc(F)c3)nc2)CC1. The smallest absolute Gasteiger partial charge is 0.244 e. The van der Waals surface area contributed by atoms with Crippen LogP contribution in [0.25, 0.3) is 0 Å². The molecule has 1 saturated heterocycles. The molecule has 0 spiro atoms. The lowest BCUT2D eigenvalue weighted by Gasteiger charge is -2.31. The van der Waals surface area contributed by atoms with E-state index in [0.717, 1.165) is 18.7 Å². The van der Waals surface area contributed by atoms with Crippen LogP contribution in [0.4, 0.5) is 10.2 Å². The quantitative estimate of drug-likeness (QED) is 0.876. The number of pyridine rings is 1. The van der Waals surface area contributed by atoms with Gasteiger partial charge in [0.2, 0.25) is 10.0 Å². The third-order valence-corrected chi connectivity index (χ3v) is 6.08. The number of piperazine rings is 1. The van der Waals surface area contributed by atoms with Gasteiger partial charge in [-0.15, -0.1) is 0 Å². The largest absolute Gasteiger partial charge is 0.366 e. The maximum Gasteiger partial charge on any atom is 0.244 e. The molecule has 0 saturated carbocycles. The summed E-state index contributed by atoms with van der Waals surface area (Å²) in [5.74, 6) is 0.252. The fourth-order valence-corrected chi connectivity index (χ4v) is 4.02. The molecule has 0 amide bonds. The lowest BCUT2D eigenvalue weighted by Crippen LogP contribution is -2.47. The minimum Gasteiger partial charge on any atom is -0.366 e. The van der Waals surface area contributed by atoms with Crippen molar-refractivity contribution in [1.29, 1.82) is 0 Å². The van der Waals surface area contributed by atoms with Crippen LogP contribution in [-0.2, 0) is 16.6 Å². The topological polar surface area (TPSA) is 65.5 Å². The van der Waals surface area contributed by atoms with Crippen molar-refractivity contribution >= 4 is 15.8 Å². The number of hydrogen-bond acceptors (Lipinski definition) is 5. The second-order valence-electron chi connectivity index (χ2n) is 6.07. The highest BCUT2D eigenvalue weighted by Gasteiger charge is 2.27. The summed E-state index contributed by atoms with van der Waals surface area (Å²) < 4.78 is 39.9. The summed E-state index contributed by atoms with van der Waals surface area (Å²) in [6.07, 6.45) is 1.36. The normalized spacial score (nSPS) is 16.7. The molecular formula is C17H21FN4O2S. The number of benzene rings is 1. The lowest BCUT2D eigenvalue weighted by molar-refractivity contribution is 0.222. The molecule has 0 atom stereocenters. The molecule has 1 aromatic carbocycles. The summed E-state index contributed by atoms with van der Waals surface area (Å²) in [5, 5.41) is 3.06. The second-order valence-corrected chi connectivity index (χ2v) is 8.01. The molecule has 1 aliphatic heterocycles. The Morgan fingerprint density at radius 3 is 2.56 bits per heavy atom. The van der Waals surface area contributed by atoms with Gasteiger partial charge >= 0.3 is 0 Å². The predicted molar refractivity (Wildman–Crippen MR) is 94.2 cm³/mol. The van der Waals surface area contributed by atoms with Crippen molar-refractivity contribution in [2.45, 2.75) is 11.4 Å². The van der Waals surface area contributed by atoms with Crippen molar-refractivity contribution in [3.05, 3.63) is 54.0 Å². The van der Waals surface area contributed by atoms with Crippen molar-refractivity contribution in [2.24, 2.45) is 0 Å². The molecular weight excluding hydrogens is 343 g/mol. The second kappa shape index (κ2) is 7.47. The standard InChI is InChI=1S/C17H21FN4O2S/c1-21-7-9-22(10-8-21)25(23,24)16-5-6-17(20-13-16)19-12-14-3-2-4-15(18)11-14/h2-6,11,13H,7-10,12H2,1H3,(H,19,20). The van der Waals surface area contributed by atoms with Crippen LogP contribution in [0.5, 0.6) is 0 Å². The molecule has 2 aromatic rings. The Morgan fingerprint density at radius 1 is 1.16 bits per heavy atom. The molecule has 1 aromatic heterocycles. The third kappa shape index (κ3) is 4.33. The zero-order valence-corrected chi connectivity index (χ0v) is 14.8. The van der Waals surface area contributed by atoms with Gasteiger partial charge in [-0.3, -0.25) is 0 Å². The number of hydrogen-bond donors (Lipinski definition) is 1. The van der Waals surface area contributed by atoms with Crippen LogP contribution in [0.2, 0.25) is 0 Å². The Kier molecular flexibility index (Phi) is 5.31. The first-order chi connectivity index (χ1) is 11.9. The number of nitrogens with zero attached hydrogens (tertiary/aromatic N) is 3. The molecule has 0 radical (unpaired) electrons. The average Bonchev–Trinajstić information content (AvgIpc) is 2.61. The van der Waals surface area contributed by atoms with Crippen LogP contribution >= 0.6 is 0 Å². The van der Waals surface area contributed by atoms with E-state index in [4.69, 9.17) is 0 Å². The molecule has 1 aliphatic rings. The van der Waals surface area contributed by atoms with Crippen LogP contribution in [0, 0.1) is 5.82 Å². The van der Waals surface area contributed by atoms with Gasteiger partial charge in [-0.1, -0.05) is 12.1 Å². The summed E-state index contributed by atoms with van der Waals surface area (Å²) in [6.45, 7) is 2.83. The summed E-state index contributed by atoms with van der Waals surface area (Å²) in [6, 6.07) is 9.46. The number of likely N-dealkylation sites (N-methyl/N-ethyl adjacent to an activating group) is 1. The number of halogens is 1. The van der Waals surface area contributed by atoms with E-state index in [1.165, 1.54) is 22.6 Å². The van der Waals surface area contributed by atoms with Gasteiger partial charge in [0, 0.05) is 38.9 Å². The zero-order chi connectivity index (χ0) is 17.9. The molecule has 1 N–H and O–H groups in total. The molecule has 25 heavy (non-hydrogen) atoms. The van der Waals surface area contributed by atoms with E-state index >= 15 is 0 Å². The molecule has 2 heterocycles. The van der Waals surface area contributed by atoms with E-state index in [1.54, 1.807) is 18.2 Å². The molecule has 6 nitrogen and oxygen atoms in total. The molecule has 0 unspecified atom stereocenters. The monoisotopic (exact) mass is 364 g/mol. The highest BCUT2D eigenvalue weighted by Crippen LogP contribution is 2.18. The number of aromatic nitrogens is 1. The summed E-state index contributed by atoms with van der Waals surface area (Å²) in [7, 11) is -1.53. The fraction of sp³-hybridized carbons (Fsp3) is 0.353. The molecule has 0 aliphatic carbocycles. The van der Waals surface area contributed by atoms with Gasteiger partial charge in [0.25, 0.3) is 0 Å². The highest BCUT2D eigenvalue weighted by atomic mass is 32.2. The van der Waals surface area contributed by atoms with Crippen LogP contribution in [0.15, 0.2) is 47.5 Å². The Balaban J connectivity index is 1.65. The number of sulfonamides is 1. The first kappa shape index (κ1) is 17.8. The van der Waals surface area contributed by atoms with Crippen molar-refractivity contribution < 1.29 is 12.8 Å². The van der Waals surface area contributed by atoms with Gasteiger partial charge in [0.15, 0.2) is 0 Å². The first-order valence-corrected chi connectivity index (χ1v) is 9.52. The first-order valence-electron chi connectivity index (χ1n) is 8.08. The van der Waals surface area contributed by atoms with Gasteiger partial charge in [0.05, 0.1) is 0 Å². The lowest BCUT2D eigenvalue weighted by atomic mass is 10.2. The van der Waals surface area contributed by atoms with E-state index < -0.39 is 10.0 Å². The summed E-state index contributed by atoms with van der Waals surface area (Å²) in [4.78, 5) is 6.46. The maximum absolute atomic E-state index is 13.2. The van der Waals surface area contributed by atoms with Crippen molar-refractivity contribution in [2.75, 3.05) is 38.5 Å². The molecule has 1 fully saturated rings. The van der Waals surface area contributed by atoms with Crippen LogP contribution in [0.3, 0.4) is 0 Å². The van der Waals surface area contributed by atoms with Gasteiger partial charge in [-0.05, 0) is 36.9 Å². The van der Waals surface area contributed by atoms with Gasteiger partial charge < -0.3 is 10.2 Å². The van der Waals surface area contributed by atoms with Crippen LogP contribution < -0.4 is 5.32 Å². The van der Waals surface area contributed by atoms with Crippen molar-refractivity contribution in [3.8, 4) is 0 Å². The van der Waals surface area contributed by atoms with Crippen molar-refractivity contribution in [3.63, 3.8) is 0 Å². The van der Waals surface area contributed by atoms with E-state index in [9.17, 15) is 12.8 Å². The predicted octanol–water partition coefficient (Wildman–Crippen LogP) is 1.77. The fourth-order valence-electron chi connectivity index (χ4n) is 2.65. The summed E-state index contributed by atoms with van der Waals surface area (Å²) in [5.41, 5.74) is 0.788. The Morgan fingerprint density at radius 2 is 1.92 bits per heavy atom. The van der Waals surface area contributed by atoms with Crippen molar-refractivity contribution in [1.82, 2.24) is 14.2 Å². The molecule has 134 valence electrons. The van der Waals surface area contributed by atoms with Gasteiger partial charge in [-0.25, -0.2) is 17.8 Å². The molecule has 3 rings (SSSR count). The number of anilines is 1. The molecule has 0 bridgehead atoms. The minimum absolute atomic E-state index is 0.188. The maximum atomic E-state index is 13.2. The third-order valence-electron chi connectivity index (χ3n) is 4.20. The average molecular weight is 364 g/mol. The van der Waals surface area contributed by atoms with Gasteiger partial charge in [-0.2, -0.15) is 4.31 Å². The van der Waals surface area contributed by atoms with Crippen LogP contribution in [-0.4, -0.2) is 55.8 Å². The zero-order valence-electron chi connectivity index (χ0n) is 14.0.